The number of amides is 1. The average Bonchev–Trinajstić information content (AvgIpc) is 2.23. The highest BCUT2D eigenvalue weighted by molar-refractivity contribution is 5.80. The summed E-state index contributed by atoms with van der Waals surface area (Å²) in [5, 5.41) is 0. The highest BCUT2D eigenvalue weighted by Gasteiger charge is 2.44. The van der Waals surface area contributed by atoms with E-state index in [2.05, 4.69) is 34.6 Å². The summed E-state index contributed by atoms with van der Waals surface area (Å²) in [6.45, 7) is 10.5. The molecular weight excluding hydrogens is 176 g/mol. The third-order valence-electron chi connectivity index (χ3n) is 2.85. The monoisotopic (exact) mass is 198 g/mol. The van der Waals surface area contributed by atoms with Crippen molar-refractivity contribution in [2.24, 2.45) is 11.1 Å². The smallest absolute Gasteiger partial charge is 0.224 e. The van der Waals surface area contributed by atoms with E-state index in [1.54, 1.807) is 0 Å². The molecule has 1 aliphatic heterocycles. The highest BCUT2D eigenvalue weighted by atomic mass is 16.2. The quantitative estimate of drug-likeness (QED) is 0.691. The minimum atomic E-state index is -0.00935. The van der Waals surface area contributed by atoms with Gasteiger partial charge in [0.15, 0.2) is 0 Å². The lowest BCUT2D eigenvalue weighted by molar-refractivity contribution is -0.132. The number of hydrogen-bond donors (Lipinski definition) is 1. The summed E-state index contributed by atoms with van der Waals surface area (Å²) in [7, 11) is 0. The van der Waals surface area contributed by atoms with Crippen molar-refractivity contribution in [3.63, 3.8) is 0 Å². The van der Waals surface area contributed by atoms with Crippen LogP contribution in [0, 0.1) is 5.41 Å². The van der Waals surface area contributed by atoms with E-state index in [0.717, 1.165) is 0 Å². The van der Waals surface area contributed by atoms with E-state index in [0.29, 0.717) is 6.42 Å². The van der Waals surface area contributed by atoms with Crippen molar-refractivity contribution in [2.45, 2.75) is 59.2 Å². The third-order valence-corrected chi connectivity index (χ3v) is 2.85. The molecule has 3 nitrogen and oxygen atoms in total. The van der Waals surface area contributed by atoms with Crippen molar-refractivity contribution in [1.82, 2.24) is 4.90 Å². The van der Waals surface area contributed by atoms with Crippen LogP contribution in [0.5, 0.6) is 0 Å². The molecule has 1 rings (SSSR count). The molecule has 2 unspecified atom stereocenters. The van der Waals surface area contributed by atoms with Gasteiger partial charge < -0.3 is 10.6 Å². The molecule has 2 N–H and O–H groups in total. The van der Waals surface area contributed by atoms with Crippen molar-refractivity contribution in [3.05, 3.63) is 0 Å². The van der Waals surface area contributed by atoms with Gasteiger partial charge in [-0.1, -0.05) is 20.8 Å². The molecule has 0 saturated carbocycles. The number of nitrogens with two attached hydrogens (primary N) is 1. The minimum Gasteiger partial charge on any atom is -0.335 e. The second kappa shape index (κ2) is 3.54. The fourth-order valence-corrected chi connectivity index (χ4v) is 2.45. The van der Waals surface area contributed by atoms with Gasteiger partial charge in [0.05, 0.1) is 6.04 Å². The van der Waals surface area contributed by atoms with Gasteiger partial charge in [-0.05, 0) is 19.3 Å². The molecule has 82 valence electrons. The minimum absolute atomic E-state index is 0.00935. The molecule has 0 aromatic heterocycles. The number of rotatable bonds is 1. The highest BCUT2D eigenvalue weighted by Crippen LogP contribution is 2.33. The first-order chi connectivity index (χ1) is 6.25. The Kier molecular flexibility index (Phi) is 2.91. The summed E-state index contributed by atoms with van der Waals surface area (Å²) in [6.07, 6.45) is 0.500. The zero-order valence-electron chi connectivity index (χ0n) is 9.87. The van der Waals surface area contributed by atoms with Crippen molar-refractivity contribution < 1.29 is 4.79 Å². The lowest BCUT2D eigenvalue weighted by Gasteiger charge is -2.39. The second-order valence-corrected chi connectivity index (χ2v) is 5.57. The topological polar surface area (TPSA) is 46.3 Å². The largest absolute Gasteiger partial charge is 0.335 e. The van der Waals surface area contributed by atoms with Gasteiger partial charge in [0.2, 0.25) is 5.91 Å². The van der Waals surface area contributed by atoms with Crippen molar-refractivity contribution in [1.29, 1.82) is 0 Å². The van der Waals surface area contributed by atoms with E-state index >= 15 is 0 Å². The van der Waals surface area contributed by atoms with E-state index < -0.39 is 0 Å². The number of carbonyl (C=O) groups excluding carboxylic acids is 1. The Morgan fingerprint density at radius 3 is 2.21 bits per heavy atom. The molecule has 1 amide bonds. The Hall–Kier alpha value is -0.570. The zero-order valence-corrected chi connectivity index (χ0v) is 9.87. The van der Waals surface area contributed by atoms with E-state index in [-0.39, 0.29) is 29.4 Å². The van der Waals surface area contributed by atoms with E-state index in [9.17, 15) is 4.79 Å². The molecule has 1 saturated heterocycles. The average molecular weight is 198 g/mol. The Balaban J connectivity index is 2.95. The summed E-state index contributed by atoms with van der Waals surface area (Å²) in [5.74, 6) is 0.201. The molecule has 0 radical (unpaired) electrons. The summed E-state index contributed by atoms with van der Waals surface area (Å²) in [6, 6.07) is 0.417. The Labute approximate surface area is 86.6 Å². The van der Waals surface area contributed by atoms with Crippen LogP contribution >= 0.6 is 0 Å². The molecule has 0 aromatic carbocycles. The fourth-order valence-electron chi connectivity index (χ4n) is 2.45. The van der Waals surface area contributed by atoms with Gasteiger partial charge in [0.25, 0.3) is 0 Å². The van der Waals surface area contributed by atoms with Crippen LogP contribution < -0.4 is 5.73 Å². The van der Waals surface area contributed by atoms with Crippen molar-refractivity contribution in [2.75, 3.05) is 0 Å². The lowest BCUT2D eigenvalue weighted by Crippen LogP contribution is -2.51. The Morgan fingerprint density at radius 1 is 1.43 bits per heavy atom. The molecule has 0 aliphatic carbocycles. The van der Waals surface area contributed by atoms with Crippen LogP contribution in [0.15, 0.2) is 0 Å². The van der Waals surface area contributed by atoms with Gasteiger partial charge in [-0.15, -0.1) is 0 Å². The van der Waals surface area contributed by atoms with Gasteiger partial charge >= 0.3 is 0 Å². The van der Waals surface area contributed by atoms with Gasteiger partial charge in [0.1, 0.15) is 0 Å². The molecule has 1 fully saturated rings. The number of nitrogens with zero attached hydrogens (tertiary/aromatic N) is 1. The van der Waals surface area contributed by atoms with Crippen molar-refractivity contribution >= 4 is 5.91 Å². The maximum absolute atomic E-state index is 11.7. The predicted molar refractivity (Wildman–Crippen MR) is 57.8 cm³/mol. The summed E-state index contributed by atoms with van der Waals surface area (Å²) < 4.78 is 0. The third kappa shape index (κ3) is 1.92. The molecular formula is C11H22N2O. The van der Waals surface area contributed by atoms with Crippen LogP contribution in [0.25, 0.3) is 0 Å². The number of likely N-dealkylation sites (tertiary alicyclic amines) is 1. The number of carbonyl (C=O) groups is 1. The van der Waals surface area contributed by atoms with Crippen LogP contribution in [-0.4, -0.2) is 28.9 Å². The van der Waals surface area contributed by atoms with E-state index in [1.807, 2.05) is 4.90 Å². The first-order valence-electron chi connectivity index (χ1n) is 5.32. The van der Waals surface area contributed by atoms with Gasteiger partial charge in [-0.3, -0.25) is 4.79 Å². The van der Waals surface area contributed by atoms with Crippen LogP contribution in [0.3, 0.4) is 0 Å². The van der Waals surface area contributed by atoms with Gasteiger partial charge in [0, 0.05) is 18.5 Å². The molecule has 3 heteroatoms. The SMILES string of the molecule is CC(C)N1C(=O)CC(N)C1C(C)(C)C. The molecule has 0 aromatic rings. The maximum atomic E-state index is 11.7. The maximum Gasteiger partial charge on any atom is 0.224 e. The van der Waals surface area contributed by atoms with Crippen LogP contribution in [0.1, 0.15) is 41.0 Å². The van der Waals surface area contributed by atoms with Gasteiger partial charge in [-0.25, -0.2) is 0 Å². The summed E-state index contributed by atoms with van der Waals surface area (Å²) in [5.41, 5.74) is 6.09. The van der Waals surface area contributed by atoms with Crippen molar-refractivity contribution in [3.8, 4) is 0 Å². The Morgan fingerprint density at radius 2 is 1.93 bits per heavy atom. The number of hydrogen-bond acceptors (Lipinski definition) is 2. The molecule has 0 spiro atoms. The Bertz CT molecular complexity index is 230. The standard InChI is InChI=1S/C11H22N2O/c1-7(2)13-9(14)6-8(12)10(13)11(3,4)5/h7-8,10H,6,12H2,1-5H3. The molecule has 0 bridgehead atoms. The van der Waals surface area contributed by atoms with Crippen LogP contribution in [-0.2, 0) is 4.79 Å². The lowest BCUT2D eigenvalue weighted by atomic mass is 9.82. The van der Waals surface area contributed by atoms with E-state index in [1.165, 1.54) is 0 Å². The van der Waals surface area contributed by atoms with Crippen LogP contribution in [0.2, 0.25) is 0 Å². The van der Waals surface area contributed by atoms with Crippen LogP contribution in [0.4, 0.5) is 0 Å². The normalized spacial score (nSPS) is 29.1. The summed E-state index contributed by atoms with van der Waals surface area (Å²) >= 11 is 0. The molecule has 1 aliphatic rings. The molecule has 1 heterocycles. The first kappa shape index (κ1) is 11.5. The fraction of sp³-hybridized carbons (Fsp3) is 0.909. The molecule has 14 heavy (non-hydrogen) atoms. The summed E-state index contributed by atoms with van der Waals surface area (Å²) in [4.78, 5) is 13.7. The van der Waals surface area contributed by atoms with E-state index in [4.69, 9.17) is 5.73 Å². The first-order valence-corrected chi connectivity index (χ1v) is 5.32. The second-order valence-electron chi connectivity index (χ2n) is 5.57. The predicted octanol–water partition coefficient (Wildman–Crippen LogP) is 1.37. The molecule has 2 atom stereocenters. The van der Waals surface area contributed by atoms with Gasteiger partial charge in [-0.2, -0.15) is 0 Å². The zero-order chi connectivity index (χ0) is 11.1.